The van der Waals surface area contributed by atoms with E-state index in [-0.39, 0.29) is 24.0 Å². The molecule has 0 saturated heterocycles. The van der Waals surface area contributed by atoms with Gasteiger partial charge in [0, 0.05) is 18.4 Å². The average molecular weight is 442 g/mol. The van der Waals surface area contributed by atoms with E-state index >= 15 is 0 Å². The molecule has 0 aliphatic rings. The number of hydrogen-bond donors (Lipinski definition) is 2. The molecule has 0 radical (unpaired) electrons. The summed E-state index contributed by atoms with van der Waals surface area (Å²) in [6.45, 7) is 5.73. The Morgan fingerprint density at radius 3 is 2.45 bits per heavy atom. The number of hydrogen-bond acceptors (Lipinski definition) is 5. The number of carbonyl (C=O) groups excluding carboxylic acids is 2. The first-order valence-corrected chi connectivity index (χ1v) is 10.7. The summed E-state index contributed by atoms with van der Waals surface area (Å²) in [5.74, 6) is -0.317. The molecule has 1 heterocycles. The number of carbonyl (C=O) groups is 2. The first-order chi connectivity index (χ1) is 14.7. The van der Waals surface area contributed by atoms with E-state index < -0.39 is 5.82 Å². The van der Waals surface area contributed by atoms with Crippen molar-refractivity contribution in [1.29, 1.82) is 0 Å². The molecule has 0 aliphatic carbocycles. The fourth-order valence-corrected chi connectivity index (χ4v) is 3.69. The van der Waals surface area contributed by atoms with Crippen LogP contribution in [0.3, 0.4) is 0 Å². The lowest BCUT2D eigenvalue weighted by molar-refractivity contribution is -0.116. The second-order valence-electron chi connectivity index (χ2n) is 7.30. The number of anilines is 2. The molecule has 162 valence electrons. The third-order valence-electron chi connectivity index (χ3n) is 4.71. The summed E-state index contributed by atoms with van der Waals surface area (Å²) in [5, 5.41) is 14.2. The van der Waals surface area contributed by atoms with Crippen LogP contribution < -0.4 is 10.6 Å². The zero-order valence-electron chi connectivity index (χ0n) is 17.8. The van der Waals surface area contributed by atoms with Crippen LogP contribution in [0.5, 0.6) is 0 Å². The molecule has 2 aromatic carbocycles. The van der Waals surface area contributed by atoms with Gasteiger partial charge in [-0.05, 0) is 50.1 Å². The van der Waals surface area contributed by atoms with Gasteiger partial charge in [-0.1, -0.05) is 35.5 Å². The number of aromatic nitrogens is 3. The number of benzene rings is 2. The van der Waals surface area contributed by atoms with E-state index in [9.17, 15) is 14.0 Å². The SMILES string of the molecule is Cc1ccc(NC(=O)Cc2nnc(SCC(=O)Nc3cc(F)ccc3C)n2C)c(C)c1. The Morgan fingerprint density at radius 2 is 1.71 bits per heavy atom. The van der Waals surface area contributed by atoms with Gasteiger partial charge < -0.3 is 15.2 Å². The minimum absolute atomic E-state index is 0.0616. The standard InChI is InChI=1S/C22H24FN5O2S/c1-13-5-8-17(15(3)9-13)24-20(29)11-19-26-27-22(28(19)4)31-12-21(30)25-18-10-16(23)7-6-14(18)2/h5-10H,11-12H2,1-4H3,(H,24,29)(H,25,30). The summed E-state index contributed by atoms with van der Waals surface area (Å²) in [4.78, 5) is 24.6. The van der Waals surface area contributed by atoms with E-state index in [2.05, 4.69) is 20.8 Å². The third-order valence-corrected chi connectivity index (χ3v) is 5.73. The van der Waals surface area contributed by atoms with Crippen LogP contribution in [0.1, 0.15) is 22.5 Å². The van der Waals surface area contributed by atoms with Gasteiger partial charge in [-0.2, -0.15) is 0 Å². The Kier molecular flexibility index (Phi) is 7.06. The Bertz CT molecular complexity index is 1130. The topological polar surface area (TPSA) is 88.9 Å². The van der Waals surface area contributed by atoms with Gasteiger partial charge in [0.1, 0.15) is 11.6 Å². The summed E-state index contributed by atoms with van der Waals surface area (Å²) < 4.78 is 15.1. The van der Waals surface area contributed by atoms with E-state index in [4.69, 9.17) is 0 Å². The molecule has 7 nitrogen and oxygen atoms in total. The highest BCUT2D eigenvalue weighted by Crippen LogP contribution is 2.20. The fraction of sp³-hybridized carbons (Fsp3) is 0.273. The highest BCUT2D eigenvalue weighted by atomic mass is 32.2. The molecule has 0 spiro atoms. The van der Waals surface area contributed by atoms with Crippen molar-refractivity contribution >= 4 is 35.0 Å². The average Bonchev–Trinajstić information content (AvgIpc) is 3.05. The zero-order valence-corrected chi connectivity index (χ0v) is 18.6. The summed E-state index contributed by atoms with van der Waals surface area (Å²) in [5.41, 5.74) is 4.09. The van der Waals surface area contributed by atoms with Crippen molar-refractivity contribution in [2.24, 2.45) is 7.05 Å². The second kappa shape index (κ2) is 9.74. The molecule has 0 atom stereocenters. The summed E-state index contributed by atoms with van der Waals surface area (Å²) in [7, 11) is 1.75. The van der Waals surface area contributed by atoms with Crippen LogP contribution in [0.25, 0.3) is 0 Å². The van der Waals surface area contributed by atoms with Crippen molar-refractivity contribution < 1.29 is 14.0 Å². The van der Waals surface area contributed by atoms with Crippen LogP contribution in [-0.4, -0.2) is 32.3 Å². The van der Waals surface area contributed by atoms with Gasteiger partial charge in [0.15, 0.2) is 5.16 Å². The predicted octanol–water partition coefficient (Wildman–Crippen LogP) is 3.79. The van der Waals surface area contributed by atoms with Crippen molar-refractivity contribution in [3.63, 3.8) is 0 Å². The van der Waals surface area contributed by atoms with Gasteiger partial charge in [-0.3, -0.25) is 9.59 Å². The van der Waals surface area contributed by atoms with Crippen molar-refractivity contribution in [3.8, 4) is 0 Å². The molecule has 9 heteroatoms. The highest BCUT2D eigenvalue weighted by Gasteiger charge is 2.15. The molecule has 2 amide bonds. The number of rotatable bonds is 7. The van der Waals surface area contributed by atoms with Gasteiger partial charge in [0.2, 0.25) is 11.8 Å². The summed E-state index contributed by atoms with van der Waals surface area (Å²) in [6.07, 6.45) is 0.0616. The number of thioether (sulfide) groups is 1. The lowest BCUT2D eigenvalue weighted by atomic mass is 10.1. The molecular formula is C22H24FN5O2S. The van der Waals surface area contributed by atoms with Gasteiger partial charge in [-0.25, -0.2) is 4.39 Å². The monoisotopic (exact) mass is 441 g/mol. The van der Waals surface area contributed by atoms with Crippen molar-refractivity contribution in [2.45, 2.75) is 32.3 Å². The lowest BCUT2D eigenvalue weighted by Crippen LogP contribution is -2.18. The maximum Gasteiger partial charge on any atom is 0.234 e. The minimum atomic E-state index is -0.411. The molecular weight excluding hydrogens is 417 g/mol. The molecule has 0 fully saturated rings. The summed E-state index contributed by atoms with van der Waals surface area (Å²) in [6, 6.07) is 10.1. The van der Waals surface area contributed by atoms with Crippen molar-refractivity contribution in [1.82, 2.24) is 14.8 Å². The smallest absolute Gasteiger partial charge is 0.234 e. The van der Waals surface area contributed by atoms with Gasteiger partial charge in [0.05, 0.1) is 12.2 Å². The Hall–Kier alpha value is -3.20. The molecule has 0 aliphatic heterocycles. The van der Waals surface area contributed by atoms with Gasteiger partial charge in [-0.15, -0.1) is 10.2 Å². The van der Waals surface area contributed by atoms with E-state index in [0.29, 0.717) is 16.7 Å². The largest absolute Gasteiger partial charge is 0.325 e. The van der Waals surface area contributed by atoms with Crippen LogP contribution >= 0.6 is 11.8 Å². The van der Waals surface area contributed by atoms with Gasteiger partial charge >= 0.3 is 0 Å². The van der Waals surface area contributed by atoms with E-state index in [0.717, 1.165) is 22.4 Å². The quantitative estimate of drug-likeness (QED) is 0.545. The number of halogens is 1. The lowest BCUT2D eigenvalue weighted by Gasteiger charge is -2.09. The first kappa shape index (κ1) is 22.5. The third kappa shape index (κ3) is 5.91. The first-order valence-electron chi connectivity index (χ1n) is 9.67. The Morgan fingerprint density at radius 1 is 0.968 bits per heavy atom. The maximum atomic E-state index is 13.4. The second-order valence-corrected chi connectivity index (χ2v) is 8.24. The van der Waals surface area contributed by atoms with Gasteiger partial charge in [0.25, 0.3) is 0 Å². The van der Waals surface area contributed by atoms with Crippen LogP contribution in [0.15, 0.2) is 41.6 Å². The number of amides is 2. The number of nitrogens with zero attached hydrogens (tertiary/aromatic N) is 3. The molecule has 3 aromatic rings. The van der Waals surface area contributed by atoms with E-state index in [1.807, 2.05) is 32.0 Å². The predicted molar refractivity (Wildman–Crippen MR) is 120 cm³/mol. The fourth-order valence-electron chi connectivity index (χ4n) is 2.96. The number of aryl methyl sites for hydroxylation is 3. The molecule has 31 heavy (non-hydrogen) atoms. The highest BCUT2D eigenvalue weighted by molar-refractivity contribution is 7.99. The molecule has 0 bridgehead atoms. The Labute approximate surface area is 184 Å². The minimum Gasteiger partial charge on any atom is -0.325 e. The zero-order chi connectivity index (χ0) is 22.5. The van der Waals surface area contributed by atoms with E-state index in [1.54, 1.807) is 24.6 Å². The molecule has 0 saturated carbocycles. The molecule has 1 aromatic heterocycles. The molecule has 0 unspecified atom stereocenters. The molecule has 2 N–H and O–H groups in total. The van der Waals surface area contributed by atoms with Crippen LogP contribution in [0, 0.1) is 26.6 Å². The molecule has 3 rings (SSSR count). The maximum absolute atomic E-state index is 13.4. The van der Waals surface area contributed by atoms with E-state index in [1.165, 1.54) is 23.9 Å². The summed E-state index contributed by atoms with van der Waals surface area (Å²) >= 11 is 1.19. The van der Waals surface area contributed by atoms with Crippen molar-refractivity contribution in [2.75, 3.05) is 16.4 Å². The van der Waals surface area contributed by atoms with Crippen molar-refractivity contribution in [3.05, 3.63) is 64.7 Å². The Balaban J connectivity index is 1.56. The van der Waals surface area contributed by atoms with Crippen LogP contribution in [0.4, 0.5) is 15.8 Å². The number of nitrogens with one attached hydrogen (secondary N) is 2. The van der Waals surface area contributed by atoms with Crippen LogP contribution in [0.2, 0.25) is 0 Å². The van der Waals surface area contributed by atoms with Crippen LogP contribution in [-0.2, 0) is 23.1 Å². The normalized spacial score (nSPS) is 10.7.